The van der Waals surface area contributed by atoms with Crippen molar-refractivity contribution in [1.82, 2.24) is 15.2 Å². The monoisotopic (exact) mass is 345 g/mol. The van der Waals surface area contributed by atoms with Gasteiger partial charge in [-0.15, -0.1) is 0 Å². The molecule has 1 N–H and O–H groups in total. The number of halogens is 1. The Kier molecular flexibility index (Phi) is 4.29. The van der Waals surface area contributed by atoms with Crippen LogP contribution in [0.2, 0.25) is 5.02 Å². The molecule has 4 rings (SSSR count). The van der Waals surface area contributed by atoms with Gasteiger partial charge in [0.1, 0.15) is 0 Å². The smallest absolute Gasteiger partial charge is 0.223 e. The number of carbonyl (C=O) groups is 1. The largest absolute Gasteiger partial charge is 0.441 e. The lowest BCUT2D eigenvalue weighted by Crippen LogP contribution is -2.32. The standard InChI is InChI=1S/C18H20ClN3O2/c19-15-4-2-1-3-14(15)16-9-21-17(24-16)5-6-18(23)22-10-12-7-20-8-13(12)11-22/h1-4,9,12-13,20H,5-8,10-11H2/t12-,13+. The number of likely N-dealkylation sites (tertiary alicyclic amines) is 1. The maximum absolute atomic E-state index is 12.4. The molecule has 2 fully saturated rings. The molecule has 0 radical (unpaired) electrons. The van der Waals surface area contributed by atoms with E-state index < -0.39 is 0 Å². The predicted octanol–water partition coefficient (Wildman–Crippen LogP) is 2.61. The Bertz CT molecular complexity index is 733. The van der Waals surface area contributed by atoms with Crippen LogP contribution < -0.4 is 5.32 Å². The molecular weight excluding hydrogens is 326 g/mol. The summed E-state index contributed by atoms with van der Waals surface area (Å²) in [5.41, 5.74) is 0.823. The molecule has 3 heterocycles. The van der Waals surface area contributed by atoms with Gasteiger partial charge in [0.15, 0.2) is 11.7 Å². The molecule has 2 saturated heterocycles. The van der Waals surface area contributed by atoms with Gasteiger partial charge in [-0.05, 0) is 24.0 Å². The van der Waals surface area contributed by atoms with Gasteiger partial charge in [0.05, 0.1) is 11.2 Å². The molecule has 2 aromatic rings. The lowest BCUT2D eigenvalue weighted by molar-refractivity contribution is -0.130. The second kappa shape index (κ2) is 6.57. The molecule has 2 aliphatic heterocycles. The molecule has 24 heavy (non-hydrogen) atoms. The number of rotatable bonds is 4. The molecule has 0 unspecified atom stereocenters. The van der Waals surface area contributed by atoms with Crippen molar-refractivity contribution in [1.29, 1.82) is 0 Å². The van der Waals surface area contributed by atoms with Gasteiger partial charge >= 0.3 is 0 Å². The van der Waals surface area contributed by atoms with Crippen molar-refractivity contribution >= 4 is 17.5 Å². The molecule has 5 nitrogen and oxygen atoms in total. The first-order chi connectivity index (χ1) is 11.7. The molecule has 0 aliphatic carbocycles. The van der Waals surface area contributed by atoms with Gasteiger partial charge in [-0.25, -0.2) is 4.98 Å². The zero-order chi connectivity index (χ0) is 16.5. The average molecular weight is 346 g/mol. The molecule has 0 saturated carbocycles. The van der Waals surface area contributed by atoms with Crippen LogP contribution in [-0.2, 0) is 11.2 Å². The number of fused-ring (bicyclic) bond motifs is 1. The Balaban J connectivity index is 1.35. The van der Waals surface area contributed by atoms with Crippen molar-refractivity contribution in [2.24, 2.45) is 11.8 Å². The van der Waals surface area contributed by atoms with Crippen molar-refractivity contribution in [3.8, 4) is 11.3 Å². The van der Waals surface area contributed by atoms with Crippen LogP contribution in [0.25, 0.3) is 11.3 Å². The van der Waals surface area contributed by atoms with Crippen LogP contribution in [0.3, 0.4) is 0 Å². The summed E-state index contributed by atoms with van der Waals surface area (Å²) in [6, 6.07) is 7.51. The molecule has 1 amide bonds. The lowest BCUT2D eigenvalue weighted by Gasteiger charge is -2.16. The second-order valence-electron chi connectivity index (χ2n) is 6.58. The van der Waals surface area contributed by atoms with Crippen LogP contribution >= 0.6 is 11.6 Å². The molecule has 0 spiro atoms. The van der Waals surface area contributed by atoms with Crippen LogP contribution in [0.5, 0.6) is 0 Å². The van der Waals surface area contributed by atoms with E-state index in [2.05, 4.69) is 10.3 Å². The van der Waals surface area contributed by atoms with Gasteiger partial charge in [0.25, 0.3) is 0 Å². The Morgan fingerprint density at radius 1 is 1.29 bits per heavy atom. The summed E-state index contributed by atoms with van der Waals surface area (Å²) in [7, 11) is 0. The Labute approximate surface area is 146 Å². The molecule has 2 aliphatic rings. The van der Waals surface area contributed by atoms with E-state index in [0.717, 1.165) is 31.7 Å². The van der Waals surface area contributed by atoms with Crippen molar-refractivity contribution in [3.05, 3.63) is 41.4 Å². The zero-order valence-electron chi connectivity index (χ0n) is 13.4. The van der Waals surface area contributed by atoms with E-state index in [0.29, 0.717) is 41.4 Å². The quantitative estimate of drug-likeness (QED) is 0.925. The van der Waals surface area contributed by atoms with Crippen molar-refractivity contribution in [3.63, 3.8) is 0 Å². The summed E-state index contributed by atoms with van der Waals surface area (Å²) < 4.78 is 5.76. The number of benzene rings is 1. The third-order valence-corrected chi connectivity index (χ3v) is 5.32. The highest BCUT2D eigenvalue weighted by atomic mass is 35.5. The van der Waals surface area contributed by atoms with Crippen LogP contribution in [0.15, 0.2) is 34.9 Å². The van der Waals surface area contributed by atoms with Gasteiger partial charge in [0, 0.05) is 44.6 Å². The number of carbonyl (C=O) groups excluding carboxylic acids is 1. The van der Waals surface area contributed by atoms with Crippen LogP contribution in [0.1, 0.15) is 12.3 Å². The highest BCUT2D eigenvalue weighted by Crippen LogP contribution is 2.29. The Morgan fingerprint density at radius 3 is 2.79 bits per heavy atom. The normalized spacial score (nSPS) is 22.8. The number of oxazole rings is 1. The number of hydrogen-bond acceptors (Lipinski definition) is 4. The molecular formula is C18H20ClN3O2. The van der Waals surface area contributed by atoms with E-state index in [1.807, 2.05) is 29.2 Å². The highest BCUT2D eigenvalue weighted by Gasteiger charge is 2.37. The molecule has 1 aromatic heterocycles. The first kappa shape index (κ1) is 15.7. The number of amides is 1. The topological polar surface area (TPSA) is 58.4 Å². The summed E-state index contributed by atoms with van der Waals surface area (Å²) in [6.07, 6.45) is 2.63. The minimum atomic E-state index is 0.196. The minimum absolute atomic E-state index is 0.196. The summed E-state index contributed by atoms with van der Waals surface area (Å²) in [5.74, 6) is 2.68. The van der Waals surface area contributed by atoms with Gasteiger partial charge in [-0.1, -0.05) is 23.7 Å². The summed E-state index contributed by atoms with van der Waals surface area (Å²) in [5, 5.41) is 4.02. The number of hydrogen-bond donors (Lipinski definition) is 1. The van der Waals surface area contributed by atoms with Gasteiger partial charge in [-0.3, -0.25) is 4.79 Å². The average Bonchev–Trinajstić information content (AvgIpc) is 3.28. The fourth-order valence-electron chi connectivity index (χ4n) is 3.64. The molecule has 126 valence electrons. The van der Waals surface area contributed by atoms with Crippen LogP contribution in [0.4, 0.5) is 0 Å². The molecule has 0 bridgehead atoms. The minimum Gasteiger partial charge on any atom is -0.441 e. The van der Waals surface area contributed by atoms with E-state index in [1.54, 1.807) is 6.20 Å². The third-order valence-electron chi connectivity index (χ3n) is 4.99. The van der Waals surface area contributed by atoms with Gasteiger partial charge < -0.3 is 14.6 Å². The highest BCUT2D eigenvalue weighted by molar-refractivity contribution is 6.33. The maximum atomic E-state index is 12.4. The fourth-order valence-corrected chi connectivity index (χ4v) is 3.87. The number of aromatic nitrogens is 1. The number of nitrogens with one attached hydrogen (secondary N) is 1. The summed E-state index contributed by atoms with van der Waals surface area (Å²) in [4.78, 5) is 18.7. The zero-order valence-corrected chi connectivity index (χ0v) is 14.1. The Hall–Kier alpha value is -1.85. The fraction of sp³-hybridized carbons (Fsp3) is 0.444. The molecule has 2 atom stereocenters. The van der Waals surface area contributed by atoms with E-state index in [-0.39, 0.29) is 5.91 Å². The number of aryl methyl sites for hydroxylation is 1. The van der Waals surface area contributed by atoms with E-state index in [4.69, 9.17) is 16.0 Å². The van der Waals surface area contributed by atoms with E-state index in [9.17, 15) is 4.79 Å². The number of nitrogens with zero attached hydrogens (tertiary/aromatic N) is 2. The summed E-state index contributed by atoms with van der Waals surface area (Å²) in [6.45, 7) is 3.84. The van der Waals surface area contributed by atoms with Crippen molar-refractivity contribution in [2.75, 3.05) is 26.2 Å². The van der Waals surface area contributed by atoms with Crippen LogP contribution in [-0.4, -0.2) is 42.0 Å². The van der Waals surface area contributed by atoms with Gasteiger partial charge in [-0.2, -0.15) is 0 Å². The lowest BCUT2D eigenvalue weighted by atomic mass is 10.0. The Morgan fingerprint density at radius 2 is 2.04 bits per heavy atom. The van der Waals surface area contributed by atoms with Crippen molar-refractivity contribution in [2.45, 2.75) is 12.8 Å². The van der Waals surface area contributed by atoms with Crippen LogP contribution in [0, 0.1) is 11.8 Å². The van der Waals surface area contributed by atoms with Crippen molar-refractivity contribution < 1.29 is 9.21 Å². The molecule has 6 heteroatoms. The van der Waals surface area contributed by atoms with Gasteiger partial charge in [0.2, 0.25) is 5.91 Å². The summed E-state index contributed by atoms with van der Waals surface area (Å²) >= 11 is 6.17. The van der Waals surface area contributed by atoms with E-state index in [1.165, 1.54) is 0 Å². The third kappa shape index (κ3) is 3.06. The maximum Gasteiger partial charge on any atom is 0.223 e. The van der Waals surface area contributed by atoms with E-state index >= 15 is 0 Å². The predicted molar refractivity (Wildman–Crippen MR) is 91.7 cm³/mol. The molecule has 1 aromatic carbocycles. The first-order valence-corrected chi connectivity index (χ1v) is 8.76. The second-order valence-corrected chi connectivity index (χ2v) is 6.98. The first-order valence-electron chi connectivity index (χ1n) is 8.39. The SMILES string of the molecule is O=C(CCc1ncc(-c2ccccc2Cl)o1)N1C[C@H]2CNC[C@H]2C1.